The lowest BCUT2D eigenvalue weighted by atomic mass is 9.90. The standard InChI is InChI=1S/C39H31N3/c1-4-12-28(13-5-1)31-19-20-37(41-27-31)35-23-32(22-34(24-35)36-18-10-11-21-40-36)33-25-38(29-14-6-2-7-15-29)42-39(26-33)30-16-8-3-9-17-30/h1-16,19-27,30,36H,17-18H2. The second-order valence-corrected chi connectivity index (χ2v) is 10.8. The minimum atomic E-state index is 0.0820. The van der Waals surface area contributed by atoms with Crippen LogP contribution >= 0.6 is 0 Å². The van der Waals surface area contributed by atoms with E-state index in [1.807, 2.05) is 30.6 Å². The molecule has 0 saturated heterocycles. The van der Waals surface area contributed by atoms with E-state index in [-0.39, 0.29) is 12.0 Å². The average molecular weight is 542 g/mol. The number of rotatable bonds is 6. The molecule has 0 spiro atoms. The van der Waals surface area contributed by atoms with Crippen molar-refractivity contribution in [3.8, 4) is 44.8 Å². The SMILES string of the molecule is C1=CCC(c2cc(-c3cc(-c4ccc(-c5ccccc5)cn4)cc(C4CC=CC=N4)c3)cc(-c3ccccc3)n2)C=C1. The topological polar surface area (TPSA) is 38.1 Å². The third kappa shape index (κ3) is 5.55. The summed E-state index contributed by atoms with van der Waals surface area (Å²) in [6.07, 6.45) is 18.7. The van der Waals surface area contributed by atoms with E-state index in [1.54, 1.807) is 0 Å². The molecule has 0 fully saturated rings. The van der Waals surface area contributed by atoms with Crippen molar-refractivity contribution in [2.45, 2.75) is 24.8 Å². The van der Waals surface area contributed by atoms with E-state index < -0.39 is 0 Å². The van der Waals surface area contributed by atoms with Crippen molar-refractivity contribution in [1.82, 2.24) is 9.97 Å². The van der Waals surface area contributed by atoms with Crippen molar-refractivity contribution in [1.29, 1.82) is 0 Å². The Kier molecular flexibility index (Phi) is 7.22. The molecule has 3 heteroatoms. The van der Waals surface area contributed by atoms with Crippen LogP contribution in [0.1, 0.15) is 36.1 Å². The van der Waals surface area contributed by atoms with Crippen molar-refractivity contribution >= 4 is 6.21 Å². The van der Waals surface area contributed by atoms with Crippen molar-refractivity contribution in [3.05, 3.63) is 157 Å². The first-order chi connectivity index (χ1) is 20.8. The maximum absolute atomic E-state index is 5.15. The van der Waals surface area contributed by atoms with Gasteiger partial charge in [-0.2, -0.15) is 0 Å². The predicted octanol–water partition coefficient (Wildman–Crippen LogP) is 9.82. The summed E-state index contributed by atoms with van der Waals surface area (Å²) in [5.41, 5.74) is 11.0. The third-order valence-corrected chi connectivity index (χ3v) is 7.96. The Morgan fingerprint density at radius 2 is 1.31 bits per heavy atom. The van der Waals surface area contributed by atoms with Gasteiger partial charge in [-0.3, -0.25) is 15.0 Å². The zero-order valence-electron chi connectivity index (χ0n) is 23.3. The molecule has 2 unspecified atom stereocenters. The number of aliphatic imine (C=N–C) groups is 1. The van der Waals surface area contributed by atoms with Crippen molar-refractivity contribution in [3.63, 3.8) is 0 Å². The molecular formula is C39H31N3. The number of hydrogen-bond acceptors (Lipinski definition) is 3. The molecule has 3 heterocycles. The lowest BCUT2D eigenvalue weighted by Crippen LogP contribution is -2.03. The van der Waals surface area contributed by atoms with E-state index in [1.165, 1.54) is 11.1 Å². The highest BCUT2D eigenvalue weighted by Crippen LogP contribution is 2.36. The molecule has 5 aromatic rings. The normalized spacial score (nSPS) is 17.4. The maximum atomic E-state index is 5.15. The van der Waals surface area contributed by atoms with Gasteiger partial charge in [-0.1, -0.05) is 97.1 Å². The summed E-state index contributed by atoms with van der Waals surface area (Å²) < 4.78 is 0. The first kappa shape index (κ1) is 25.8. The van der Waals surface area contributed by atoms with Crippen LogP contribution in [0.15, 0.2) is 151 Å². The lowest BCUT2D eigenvalue weighted by Gasteiger charge is -2.19. The molecule has 0 amide bonds. The van der Waals surface area contributed by atoms with Crippen LogP contribution in [0.5, 0.6) is 0 Å². The number of nitrogens with zero attached hydrogens (tertiary/aromatic N) is 3. The number of aromatic nitrogens is 2. The number of dihydropyridines is 1. The Hall–Kier alpha value is -5.15. The molecule has 0 saturated carbocycles. The molecule has 2 aliphatic rings. The van der Waals surface area contributed by atoms with Gasteiger partial charge in [0.1, 0.15) is 0 Å². The summed E-state index contributed by atoms with van der Waals surface area (Å²) in [7, 11) is 0. The summed E-state index contributed by atoms with van der Waals surface area (Å²) >= 11 is 0. The Morgan fingerprint density at radius 3 is 2.02 bits per heavy atom. The molecule has 42 heavy (non-hydrogen) atoms. The van der Waals surface area contributed by atoms with Crippen molar-refractivity contribution in [2.75, 3.05) is 0 Å². The monoisotopic (exact) mass is 541 g/mol. The second-order valence-electron chi connectivity index (χ2n) is 10.8. The first-order valence-electron chi connectivity index (χ1n) is 14.6. The van der Waals surface area contributed by atoms with Gasteiger partial charge in [0, 0.05) is 40.7 Å². The Bertz CT molecular complexity index is 1810. The van der Waals surface area contributed by atoms with Crippen LogP contribution in [0.3, 0.4) is 0 Å². The minimum Gasteiger partial charge on any atom is -0.285 e. The smallest absolute Gasteiger partial charge is 0.0783 e. The van der Waals surface area contributed by atoms with E-state index in [4.69, 9.17) is 15.0 Å². The van der Waals surface area contributed by atoms with Gasteiger partial charge in [0.25, 0.3) is 0 Å². The Morgan fingerprint density at radius 1 is 0.548 bits per heavy atom. The average Bonchev–Trinajstić information content (AvgIpc) is 3.09. The summed E-state index contributed by atoms with van der Waals surface area (Å²) in [5.74, 6) is 0.250. The molecule has 0 radical (unpaired) electrons. The van der Waals surface area contributed by atoms with Gasteiger partial charge in [-0.05, 0) is 77.6 Å². The summed E-state index contributed by atoms with van der Waals surface area (Å²) in [6.45, 7) is 0. The minimum absolute atomic E-state index is 0.0820. The maximum Gasteiger partial charge on any atom is 0.0783 e. The fourth-order valence-electron chi connectivity index (χ4n) is 5.69. The second kappa shape index (κ2) is 11.8. The van der Waals surface area contributed by atoms with Crippen LogP contribution in [-0.4, -0.2) is 16.2 Å². The molecule has 2 aromatic heterocycles. The Balaban J connectivity index is 1.35. The van der Waals surface area contributed by atoms with Crippen LogP contribution in [0.2, 0.25) is 0 Å². The van der Waals surface area contributed by atoms with Gasteiger partial charge in [0.15, 0.2) is 0 Å². The molecular weight excluding hydrogens is 510 g/mol. The van der Waals surface area contributed by atoms with E-state index in [0.29, 0.717) is 0 Å². The fourth-order valence-corrected chi connectivity index (χ4v) is 5.69. The molecule has 202 valence electrons. The molecule has 1 aliphatic heterocycles. The number of allylic oxidation sites excluding steroid dienone is 5. The predicted molar refractivity (Wildman–Crippen MR) is 174 cm³/mol. The number of hydrogen-bond donors (Lipinski definition) is 0. The highest BCUT2D eigenvalue weighted by atomic mass is 14.8. The molecule has 0 N–H and O–H groups in total. The summed E-state index contributed by atoms with van der Waals surface area (Å²) in [5, 5.41) is 0. The molecule has 3 nitrogen and oxygen atoms in total. The van der Waals surface area contributed by atoms with Gasteiger partial charge >= 0.3 is 0 Å². The van der Waals surface area contributed by atoms with Gasteiger partial charge in [-0.15, -0.1) is 0 Å². The number of pyridine rings is 2. The number of benzene rings is 3. The zero-order valence-corrected chi connectivity index (χ0v) is 23.3. The van der Waals surface area contributed by atoms with Crippen LogP contribution in [-0.2, 0) is 0 Å². The van der Waals surface area contributed by atoms with Gasteiger partial charge in [0.05, 0.1) is 17.4 Å². The molecule has 0 bridgehead atoms. The largest absolute Gasteiger partial charge is 0.285 e. The first-order valence-corrected chi connectivity index (χ1v) is 14.6. The van der Waals surface area contributed by atoms with Gasteiger partial charge in [0.2, 0.25) is 0 Å². The third-order valence-electron chi connectivity index (χ3n) is 7.96. The van der Waals surface area contributed by atoms with Gasteiger partial charge < -0.3 is 0 Å². The quantitative estimate of drug-likeness (QED) is 0.215. The van der Waals surface area contributed by atoms with E-state index in [0.717, 1.165) is 57.7 Å². The van der Waals surface area contributed by atoms with Crippen LogP contribution in [0.4, 0.5) is 0 Å². The van der Waals surface area contributed by atoms with Crippen LogP contribution in [0.25, 0.3) is 44.8 Å². The van der Waals surface area contributed by atoms with E-state index in [9.17, 15) is 0 Å². The molecule has 2 atom stereocenters. The fraction of sp³-hybridized carbons (Fsp3) is 0.103. The van der Waals surface area contributed by atoms with Gasteiger partial charge in [-0.25, -0.2) is 0 Å². The van der Waals surface area contributed by atoms with Crippen LogP contribution in [0, 0.1) is 0 Å². The molecule has 1 aliphatic carbocycles. The van der Waals surface area contributed by atoms with E-state index >= 15 is 0 Å². The van der Waals surface area contributed by atoms with E-state index in [2.05, 4.69) is 121 Å². The van der Waals surface area contributed by atoms with Crippen molar-refractivity contribution < 1.29 is 0 Å². The summed E-state index contributed by atoms with van der Waals surface area (Å²) in [6, 6.07) is 36.5. The van der Waals surface area contributed by atoms with Crippen LogP contribution < -0.4 is 0 Å². The Labute approximate surface area is 247 Å². The highest BCUT2D eigenvalue weighted by molar-refractivity contribution is 5.78. The van der Waals surface area contributed by atoms with Crippen molar-refractivity contribution in [2.24, 2.45) is 4.99 Å². The summed E-state index contributed by atoms with van der Waals surface area (Å²) in [4.78, 5) is 14.9. The zero-order chi connectivity index (χ0) is 28.1. The molecule has 7 rings (SSSR count). The lowest BCUT2D eigenvalue weighted by molar-refractivity contribution is 0.741. The molecule has 3 aromatic carbocycles. The highest BCUT2D eigenvalue weighted by Gasteiger charge is 2.18.